The third-order valence-electron chi connectivity index (χ3n) is 2.07. The second-order valence-corrected chi connectivity index (χ2v) is 3.72. The molecule has 2 rings (SSSR count). The summed E-state index contributed by atoms with van der Waals surface area (Å²) in [6.07, 6.45) is -3.68. The van der Waals surface area contributed by atoms with Crippen molar-refractivity contribution in [3.05, 3.63) is 29.2 Å². The number of hydrogen-bond acceptors (Lipinski definition) is 6. The van der Waals surface area contributed by atoms with E-state index < -0.39 is 23.1 Å². The van der Waals surface area contributed by atoms with Crippen LogP contribution < -0.4 is 0 Å². The number of methoxy groups -OCH3 is 1. The van der Waals surface area contributed by atoms with E-state index in [2.05, 4.69) is 24.8 Å². The molecule has 106 valence electrons. The molecule has 2 heterocycles. The second kappa shape index (κ2) is 5.04. The minimum atomic E-state index is -4.69. The van der Waals surface area contributed by atoms with Crippen LogP contribution in [0.4, 0.5) is 13.2 Å². The highest BCUT2D eigenvalue weighted by Gasteiger charge is 2.34. The van der Waals surface area contributed by atoms with Crippen molar-refractivity contribution in [2.45, 2.75) is 6.18 Å². The molecule has 0 saturated carbocycles. The SMILES string of the molecule is COC(=O)c1ncn(-c2cc(C(F)(F)F)nc(Cl)n2)n1. The number of hydrogen-bond donors (Lipinski definition) is 0. The van der Waals surface area contributed by atoms with Gasteiger partial charge in [0.15, 0.2) is 11.5 Å². The van der Waals surface area contributed by atoms with Crippen molar-refractivity contribution in [2.24, 2.45) is 0 Å². The zero-order chi connectivity index (χ0) is 14.9. The van der Waals surface area contributed by atoms with E-state index in [-0.39, 0.29) is 11.6 Å². The number of carbonyl (C=O) groups excluding carboxylic acids is 1. The van der Waals surface area contributed by atoms with Gasteiger partial charge in [0.2, 0.25) is 5.28 Å². The Hall–Kier alpha value is -2.23. The van der Waals surface area contributed by atoms with Crippen LogP contribution in [-0.4, -0.2) is 37.8 Å². The van der Waals surface area contributed by atoms with Gasteiger partial charge in [-0.25, -0.2) is 19.4 Å². The predicted octanol–water partition coefficient (Wildman–Crippen LogP) is 1.52. The van der Waals surface area contributed by atoms with Crippen LogP contribution in [0.2, 0.25) is 5.28 Å². The summed E-state index contributed by atoms with van der Waals surface area (Å²) in [4.78, 5) is 21.4. The first kappa shape index (κ1) is 14.2. The first-order chi connectivity index (χ1) is 9.31. The van der Waals surface area contributed by atoms with Crippen LogP contribution in [0.5, 0.6) is 0 Å². The largest absolute Gasteiger partial charge is 0.463 e. The monoisotopic (exact) mass is 307 g/mol. The van der Waals surface area contributed by atoms with Gasteiger partial charge in [0.25, 0.3) is 5.82 Å². The number of rotatable bonds is 2. The van der Waals surface area contributed by atoms with E-state index in [9.17, 15) is 18.0 Å². The molecule has 11 heteroatoms. The maximum absolute atomic E-state index is 12.6. The van der Waals surface area contributed by atoms with Crippen molar-refractivity contribution < 1.29 is 22.7 Å². The predicted molar refractivity (Wildman–Crippen MR) is 58.3 cm³/mol. The van der Waals surface area contributed by atoms with Crippen LogP contribution in [0.3, 0.4) is 0 Å². The van der Waals surface area contributed by atoms with Gasteiger partial charge in [0, 0.05) is 6.07 Å². The fourth-order valence-electron chi connectivity index (χ4n) is 1.23. The molecule has 0 fully saturated rings. The molecule has 2 aromatic rings. The molecular weight excluding hydrogens is 303 g/mol. The lowest BCUT2D eigenvalue weighted by Gasteiger charge is -2.07. The number of aromatic nitrogens is 5. The van der Waals surface area contributed by atoms with Crippen LogP contribution >= 0.6 is 11.6 Å². The Labute approximate surface area is 114 Å². The maximum Gasteiger partial charge on any atom is 0.433 e. The van der Waals surface area contributed by atoms with Gasteiger partial charge in [-0.3, -0.25) is 0 Å². The fraction of sp³-hybridized carbons (Fsp3) is 0.222. The van der Waals surface area contributed by atoms with Crippen molar-refractivity contribution in [1.29, 1.82) is 0 Å². The van der Waals surface area contributed by atoms with Gasteiger partial charge >= 0.3 is 12.1 Å². The Morgan fingerprint density at radius 3 is 2.70 bits per heavy atom. The Balaban J connectivity index is 2.45. The molecule has 0 aromatic carbocycles. The van der Waals surface area contributed by atoms with E-state index in [4.69, 9.17) is 11.6 Å². The van der Waals surface area contributed by atoms with Gasteiger partial charge in [0.05, 0.1) is 7.11 Å². The number of nitrogens with zero attached hydrogens (tertiary/aromatic N) is 5. The molecule has 0 unspecified atom stereocenters. The van der Waals surface area contributed by atoms with Crippen molar-refractivity contribution in [1.82, 2.24) is 24.7 Å². The summed E-state index contributed by atoms with van der Waals surface area (Å²) in [7, 11) is 1.12. The molecule has 0 saturated heterocycles. The Morgan fingerprint density at radius 1 is 1.40 bits per heavy atom. The summed E-state index contributed by atoms with van der Waals surface area (Å²) in [6, 6.07) is 0.627. The number of esters is 1. The highest BCUT2D eigenvalue weighted by molar-refractivity contribution is 6.28. The van der Waals surface area contributed by atoms with E-state index in [1.54, 1.807) is 0 Å². The van der Waals surface area contributed by atoms with Gasteiger partial charge < -0.3 is 4.74 Å². The minimum absolute atomic E-state index is 0.278. The lowest BCUT2D eigenvalue weighted by Crippen LogP contribution is -2.12. The molecule has 0 bridgehead atoms. The molecule has 0 N–H and O–H groups in total. The summed E-state index contributed by atoms with van der Waals surface area (Å²) in [6.45, 7) is 0. The first-order valence-corrected chi connectivity index (χ1v) is 5.31. The van der Waals surface area contributed by atoms with Gasteiger partial charge in [-0.15, -0.1) is 5.10 Å². The van der Waals surface area contributed by atoms with Gasteiger partial charge in [0.1, 0.15) is 6.33 Å². The lowest BCUT2D eigenvalue weighted by molar-refractivity contribution is -0.141. The van der Waals surface area contributed by atoms with Crippen molar-refractivity contribution in [3.63, 3.8) is 0 Å². The highest BCUT2D eigenvalue weighted by atomic mass is 35.5. The third kappa shape index (κ3) is 2.85. The van der Waals surface area contributed by atoms with E-state index in [0.29, 0.717) is 6.07 Å². The molecule has 0 spiro atoms. The number of ether oxygens (including phenoxy) is 1. The molecular formula is C9H5ClF3N5O2. The second-order valence-electron chi connectivity index (χ2n) is 3.38. The summed E-state index contributed by atoms with van der Waals surface area (Å²) in [5.74, 6) is -1.43. The summed E-state index contributed by atoms with van der Waals surface area (Å²) >= 11 is 5.43. The van der Waals surface area contributed by atoms with Crippen LogP contribution in [-0.2, 0) is 10.9 Å². The van der Waals surface area contributed by atoms with Gasteiger partial charge in [-0.1, -0.05) is 0 Å². The van der Waals surface area contributed by atoms with Crippen LogP contribution in [0.25, 0.3) is 5.82 Å². The molecule has 0 amide bonds. The zero-order valence-corrected chi connectivity index (χ0v) is 10.5. The van der Waals surface area contributed by atoms with E-state index in [1.165, 1.54) is 0 Å². The van der Waals surface area contributed by atoms with Crippen LogP contribution in [0.1, 0.15) is 16.3 Å². The van der Waals surface area contributed by atoms with E-state index in [0.717, 1.165) is 18.1 Å². The molecule has 20 heavy (non-hydrogen) atoms. The highest BCUT2D eigenvalue weighted by Crippen LogP contribution is 2.29. The molecule has 0 aliphatic heterocycles. The Morgan fingerprint density at radius 2 is 2.10 bits per heavy atom. The van der Waals surface area contributed by atoms with Crippen molar-refractivity contribution >= 4 is 17.6 Å². The van der Waals surface area contributed by atoms with Gasteiger partial charge in [-0.05, 0) is 11.6 Å². The standard InChI is InChI=1S/C9H5ClF3N5O2/c1-20-7(19)6-14-3-18(17-6)5-2-4(9(11,12)13)15-8(10)16-5/h2-3H,1H3. The van der Waals surface area contributed by atoms with Crippen molar-refractivity contribution in [2.75, 3.05) is 7.11 Å². The summed E-state index contributed by atoms with van der Waals surface area (Å²) in [5.41, 5.74) is -1.23. The smallest absolute Gasteiger partial charge is 0.433 e. The summed E-state index contributed by atoms with van der Waals surface area (Å²) in [5, 5.41) is 3.02. The van der Waals surface area contributed by atoms with Gasteiger partial charge in [-0.2, -0.15) is 18.2 Å². The maximum atomic E-state index is 12.6. The Bertz CT molecular complexity index is 657. The average molecular weight is 308 g/mol. The minimum Gasteiger partial charge on any atom is -0.463 e. The Kier molecular flexibility index (Phi) is 3.57. The topological polar surface area (TPSA) is 82.8 Å². The molecule has 0 atom stereocenters. The lowest BCUT2D eigenvalue weighted by atomic mass is 10.4. The van der Waals surface area contributed by atoms with Crippen molar-refractivity contribution in [3.8, 4) is 5.82 Å². The van der Waals surface area contributed by atoms with Crippen LogP contribution in [0.15, 0.2) is 12.4 Å². The third-order valence-corrected chi connectivity index (χ3v) is 2.24. The normalized spacial score (nSPS) is 11.4. The zero-order valence-electron chi connectivity index (χ0n) is 9.72. The van der Waals surface area contributed by atoms with E-state index in [1.807, 2.05) is 0 Å². The molecule has 7 nitrogen and oxygen atoms in total. The number of alkyl halides is 3. The van der Waals surface area contributed by atoms with E-state index >= 15 is 0 Å². The average Bonchev–Trinajstić information content (AvgIpc) is 2.85. The van der Waals surface area contributed by atoms with Crippen LogP contribution in [0, 0.1) is 0 Å². The fourth-order valence-corrected chi connectivity index (χ4v) is 1.40. The summed E-state index contributed by atoms with van der Waals surface area (Å²) < 4.78 is 43.0. The quantitative estimate of drug-likeness (QED) is 0.618. The molecule has 0 aliphatic rings. The number of halogens is 4. The molecule has 0 aliphatic carbocycles. The number of carbonyl (C=O) groups is 1. The first-order valence-electron chi connectivity index (χ1n) is 4.93. The molecule has 2 aromatic heterocycles. The molecule has 0 radical (unpaired) electrons.